The smallest absolute Gasteiger partial charge is 0.238 e. The third kappa shape index (κ3) is 4.06. The molecule has 0 radical (unpaired) electrons. The van der Waals surface area contributed by atoms with Gasteiger partial charge in [0.2, 0.25) is 11.8 Å². The Morgan fingerprint density at radius 1 is 1.30 bits per heavy atom. The summed E-state index contributed by atoms with van der Waals surface area (Å²) in [6, 6.07) is 5.45. The van der Waals surface area contributed by atoms with Gasteiger partial charge in [0, 0.05) is 12.7 Å². The minimum atomic E-state index is -0.343. The normalized spacial score (nSPS) is 12.1. The first kappa shape index (κ1) is 16.2. The topological polar surface area (TPSA) is 61.4 Å². The minimum Gasteiger partial charge on any atom is -0.358 e. The lowest BCUT2D eigenvalue weighted by atomic mass is 10.1. The average molecular weight is 277 g/mol. The van der Waals surface area contributed by atoms with Crippen LogP contribution in [0.3, 0.4) is 0 Å². The highest BCUT2D eigenvalue weighted by Gasteiger charge is 2.19. The van der Waals surface area contributed by atoms with Gasteiger partial charge in [-0.15, -0.1) is 0 Å². The number of anilines is 1. The van der Waals surface area contributed by atoms with E-state index in [0.29, 0.717) is 0 Å². The summed E-state index contributed by atoms with van der Waals surface area (Å²) in [4.78, 5) is 25.2. The second-order valence-electron chi connectivity index (χ2n) is 5.00. The molecule has 0 spiro atoms. The molecule has 1 aromatic carbocycles. The quantitative estimate of drug-likeness (QED) is 0.853. The maximum atomic E-state index is 12.0. The molecule has 0 unspecified atom stereocenters. The Hall–Kier alpha value is -1.88. The Labute approximate surface area is 120 Å². The van der Waals surface area contributed by atoms with E-state index >= 15 is 0 Å². The van der Waals surface area contributed by atoms with Crippen LogP contribution in [0.15, 0.2) is 18.2 Å². The molecule has 0 saturated heterocycles. The molecule has 0 heterocycles. The van der Waals surface area contributed by atoms with Crippen LogP contribution in [0.1, 0.15) is 18.1 Å². The molecule has 0 bridgehead atoms. The summed E-state index contributed by atoms with van der Waals surface area (Å²) in [6.07, 6.45) is 0. The number of benzene rings is 1. The van der Waals surface area contributed by atoms with Gasteiger partial charge in [0.1, 0.15) is 0 Å². The molecule has 0 aliphatic rings. The first-order valence-electron chi connectivity index (χ1n) is 6.64. The van der Waals surface area contributed by atoms with Gasteiger partial charge < -0.3 is 10.6 Å². The molecular weight excluding hydrogens is 254 g/mol. The molecule has 0 saturated carbocycles. The van der Waals surface area contributed by atoms with E-state index in [1.165, 1.54) is 0 Å². The molecule has 0 aromatic heterocycles. The number of nitrogens with one attached hydrogen (secondary N) is 2. The van der Waals surface area contributed by atoms with Crippen molar-refractivity contribution in [2.24, 2.45) is 0 Å². The van der Waals surface area contributed by atoms with Crippen molar-refractivity contribution in [3.05, 3.63) is 29.3 Å². The van der Waals surface area contributed by atoms with Gasteiger partial charge in [0.05, 0.1) is 12.6 Å². The van der Waals surface area contributed by atoms with Crippen molar-refractivity contribution in [3.63, 3.8) is 0 Å². The Morgan fingerprint density at radius 2 is 1.95 bits per heavy atom. The molecule has 110 valence electrons. The van der Waals surface area contributed by atoms with E-state index in [4.69, 9.17) is 0 Å². The fourth-order valence-corrected chi connectivity index (χ4v) is 1.85. The average Bonchev–Trinajstić information content (AvgIpc) is 2.42. The van der Waals surface area contributed by atoms with Gasteiger partial charge in [-0.25, -0.2) is 0 Å². The Bertz CT molecular complexity index is 500. The SMILES string of the molecule is CNC(=O)[C@@H](C)N(C)CC(=O)Nc1cccc(C)c1C. The number of carbonyl (C=O) groups is 2. The van der Waals surface area contributed by atoms with Gasteiger partial charge in [-0.05, 0) is 45.0 Å². The van der Waals surface area contributed by atoms with Gasteiger partial charge in [-0.2, -0.15) is 0 Å². The number of carbonyl (C=O) groups excluding carboxylic acids is 2. The molecule has 1 rings (SSSR count). The van der Waals surface area contributed by atoms with Crippen molar-refractivity contribution in [1.29, 1.82) is 0 Å². The van der Waals surface area contributed by atoms with E-state index < -0.39 is 0 Å². The molecule has 2 N–H and O–H groups in total. The van der Waals surface area contributed by atoms with Crippen LogP contribution in [0.4, 0.5) is 5.69 Å². The van der Waals surface area contributed by atoms with Gasteiger partial charge >= 0.3 is 0 Å². The lowest BCUT2D eigenvalue weighted by Crippen LogP contribution is -2.44. The second-order valence-corrected chi connectivity index (χ2v) is 5.00. The summed E-state index contributed by atoms with van der Waals surface area (Å²) in [6.45, 7) is 5.92. The van der Waals surface area contributed by atoms with Crippen LogP contribution in [0, 0.1) is 13.8 Å². The highest BCUT2D eigenvalue weighted by molar-refractivity contribution is 5.93. The first-order valence-corrected chi connectivity index (χ1v) is 6.64. The van der Waals surface area contributed by atoms with E-state index in [0.717, 1.165) is 16.8 Å². The fourth-order valence-electron chi connectivity index (χ4n) is 1.85. The van der Waals surface area contributed by atoms with Gasteiger partial charge in [0.15, 0.2) is 0 Å². The highest BCUT2D eigenvalue weighted by Crippen LogP contribution is 2.17. The molecule has 0 aliphatic heterocycles. The molecule has 20 heavy (non-hydrogen) atoms. The number of hydrogen-bond acceptors (Lipinski definition) is 3. The van der Waals surface area contributed by atoms with Crippen LogP contribution in [-0.4, -0.2) is 43.4 Å². The predicted octanol–water partition coefficient (Wildman–Crippen LogP) is 1.31. The lowest BCUT2D eigenvalue weighted by Gasteiger charge is -2.22. The second kappa shape index (κ2) is 7.05. The molecule has 5 heteroatoms. The zero-order valence-electron chi connectivity index (χ0n) is 12.8. The summed E-state index contributed by atoms with van der Waals surface area (Å²) in [7, 11) is 3.34. The van der Waals surface area contributed by atoms with Crippen molar-refractivity contribution in [3.8, 4) is 0 Å². The van der Waals surface area contributed by atoms with Gasteiger partial charge in [0.25, 0.3) is 0 Å². The van der Waals surface area contributed by atoms with Crippen LogP contribution >= 0.6 is 0 Å². The largest absolute Gasteiger partial charge is 0.358 e. The predicted molar refractivity (Wildman–Crippen MR) is 80.7 cm³/mol. The Morgan fingerprint density at radius 3 is 2.55 bits per heavy atom. The zero-order chi connectivity index (χ0) is 15.3. The molecule has 0 fully saturated rings. The Balaban J connectivity index is 2.64. The van der Waals surface area contributed by atoms with Gasteiger partial charge in [-0.3, -0.25) is 14.5 Å². The van der Waals surface area contributed by atoms with Crippen LogP contribution < -0.4 is 10.6 Å². The zero-order valence-corrected chi connectivity index (χ0v) is 12.8. The molecule has 1 atom stereocenters. The number of aryl methyl sites for hydroxylation is 1. The van der Waals surface area contributed by atoms with Crippen LogP contribution in [0.25, 0.3) is 0 Å². The van der Waals surface area contributed by atoms with E-state index in [9.17, 15) is 9.59 Å². The fraction of sp³-hybridized carbons (Fsp3) is 0.467. The third-order valence-corrected chi connectivity index (χ3v) is 3.56. The Kier molecular flexibility index (Phi) is 5.70. The van der Waals surface area contributed by atoms with Crippen molar-refractivity contribution in [2.75, 3.05) is 26.0 Å². The maximum absolute atomic E-state index is 12.0. The monoisotopic (exact) mass is 277 g/mol. The van der Waals surface area contributed by atoms with Crippen molar-refractivity contribution >= 4 is 17.5 Å². The van der Waals surface area contributed by atoms with Crippen molar-refractivity contribution < 1.29 is 9.59 Å². The lowest BCUT2D eigenvalue weighted by molar-refractivity contribution is -0.126. The van der Waals surface area contributed by atoms with Crippen LogP contribution in [0.5, 0.6) is 0 Å². The number of hydrogen-bond donors (Lipinski definition) is 2. The van der Waals surface area contributed by atoms with E-state index in [1.807, 2.05) is 32.0 Å². The molecule has 1 aromatic rings. The van der Waals surface area contributed by atoms with Crippen LogP contribution in [0.2, 0.25) is 0 Å². The molecule has 2 amide bonds. The summed E-state index contributed by atoms with van der Waals surface area (Å²) in [5.41, 5.74) is 3.01. The molecule has 5 nitrogen and oxygen atoms in total. The van der Waals surface area contributed by atoms with E-state index in [-0.39, 0.29) is 24.4 Å². The standard InChI is InChI=1S/C15H23N3O2/c1-10-7-6-8-13(11(10)2)17-14(19)9-18(5)12(3)15(20)16-4/h6-8,12H,9H2,1-5H3,(H,16,20)(H,17,19)/t12-/m1/s1. The van der Waals surface area contributed by atoms with Crippen molar-refractivity contribution in [2.45, 2.75) is 26.8 Å². The maximum Gasteiger partial charge on any atom is 0.238 e. The number of amides is 2. The summed E-state index contributed by atoms with van der Waals surface area (Å²) >= 11 is 0. The number of nitrogens with zero attached hydrogens (tertiary/aromatic N) is 1. The summed E-state index contributed by atoms with van der Waals surface area (Å²) < 4.78 is 0. The third-order valence-electron chi connectivity index (χ3n) is 3.56. The van der Waals surface area contributed by atoms with E-state index in [1.54, 1.807) is 25.9 Å². The minimum absolute atomic E-state index is 0.105. The molecule has 0 aliphatic carbocycles. The number of likely N-dealkylation sites (N-methyl/N-ethyl adjacent to an activating group) is 2. The molecular formula is C15H23N3O2. The highest BCUT2D eigenvalue weighted by atomic mass is 16.2. The van der Waals surface area contributed by atoms with Crippen molar-refractivity contribution in [1.82, 2.24) is 10.2 Å². The summed E-state index contributed by atoms with van der Waals surface area (Å²) in [5.74, 6) is -0.232. The van der Waals surface area contributed by atoms with Gasteiger partial charge in [-0.1, -0.05) is 12.1 Å². The van der Waals surface area contributed by atoms with Crippen LogP contribution in [-0.2, 0) is 9.59 Å². The van der Waals surface area contributed by atoms with E-state index in [2.05, 4.69) is 10.6 Å². The summed E-state index contributed by atoms with van der Waals surface area (Å²) in [5, 5.41) is 5.45. The number of rotatable bonds is 5. The first-order chi connectivity index (χ1) is 9.36.